The normalized spacial score (nSPS) is 11.1. The molecule has 1 N–H and O–H groups in total. The monoisotopic (exact) mass is 486 g/mol. The van der Waals surface area contributed by atoms with E-state index in [-0.39, 0.29) is 5.91 Å². The maximum atomic E-state index is 12.4. The van der Waals surface area contributed by atoms with E-state index in [1.165, 1.54) is 16.3 Å². The lowest BCUT2D eigenvalue weighted by Crippen LogP contribution is -2.31. The fraction of sp³-hybridized carbons (Fsp3) is 0.156. The van der Waals surface area contributed by atoms with Gasteiger partial charge in [-0.1, -0.05) is 66.7 Å². The lowest BCUT2D eigenvalue weighted by molar-refractivity contribution is 0.0952. The van der Waals surface area contributed by atoms with E-state index in [2.05, 4.69) is 64.7 Å². The van der Waals surface area contributed by atoms with Crippen LogP contribution >= 0.6 is 0 Å². The third-order valence-electron chi connectivity index (χ3n) is 6.39. The van der Waals surface area contributed by atoms with Crippen LogP contribution in [0.5, 0.6) is 0 Å². The maximum Gasteiger partial charge on any atom is 0.253 e. The minimum absolute atomic E-state index is 0.0739. The second-order valence-electron chi connectivity index (χ2n) is 9.45. The van der Waals surface area contributed by atoms with E-state index in [9.17, 15) is 4.79 Å². The number of carbonyl (C=O) groups is 1. The van der Waals surface area contributed by atoms with Gasteiger partial charge in [-0.05, 0) is 56.9 Å². The Morgan fingerprint density at radius 2 is 1.24 bits per heavy atom. The van der Waals surface area contributed by atoms with Crippen molar-refractivity contribution in [2.75, 3.05) is 27.2 Å². The average Bonchev–Trinajstić information content (AvgIpc) is 2.91. The highest BCUT2D eigenvalue weighted by Gasteiger charge is 2.11. The molecular weight excluding hydrogens is 456 g/mol. The molecule has 0 aliphatic carbocycles. The van der Waals surface area contributed by atoms with Gasteiger partial charge in [0.2, 0.25) is 0 Å². The summed E-state index contributed by atoms with van der Waals surface area (Å²) in [5, 5.41) is 7.44. The Morgan fingerprint density at radius 1 is 0.703 bits per heavy atom. The minimum Gasteiger partial charge on any atom is -0.351 e. The third-order valence-corrected chi connectivity index (χ3v) is 6.39. The number of carbonyl (C=O) groups excluding carboxylic acids is 1. The molecule has 0 fully saturated rings. The zero-order chi connectivity index (χ0) is 25.8. The second kappa shape index (κ2) is 10.7. The summed E-state index contributed by atoms with van der Waals surface area (Å²) in [6, 6.07) is 32.5. The molecular formula is C32H30N4O. The Kier molecular flexibility index (Phi) is 7.06. The number of nitrogens with one attached hydrogen (secondary N) is 1. The number of aromatic nitrogens is 2. The molecule has 5 heteroatoms. The summed E-state index contributed by atoms with van der Waals surface area (Å²) in [4.78, 5) is 23.8. The number of pyridine rings is 2. The van der Waals surface area contributed by atoms with E-state index in [1.54, 1.807) is 0 Å². The number of nitrogens with zero attached hydrogens (tertiary/aromatic N) is 3. The van der Waals surface area contributed by atoms with Gasteiger partial charge in [-0.15, -0.1) is 0 Å². The molecule has 0 saturated carbocycles. The van der Waals surface area contributed by atoms with Crippen LogP contribution in [0, 0.1) is 6.92 Å². The van der Waals surface area contributed by atoms with Crippen LogP contribution in [0.4, 0.5) is 0 Å². The van der Waals surface area contributed by atoms with Crippen molar-refractivity contribution in [2.45, 2.75) is 6.92 Å². The van der Waals surface area contributed by atoms with Gasteiger partial charge in [-0.25, -0.2) is 9.97 Å². The highest BCUT2D eigenvalue weighted by molar-refractivity contribution is 6.07. The first kappa shape index (κ1) is 24.3. The zero-order valence-corrected chi connectivity index (χ0v) is 21.4. The summed E-state index contributed by atoms with van der Waals surface area (Å²) in [6.07, 6.45) is 0. The molecule has 2 aromatic heterocycles. The smallest absolute Gasteiger partial charge is 0.253 e. The molecule has 37 heavy (non-hydrogen) atoms. The summed E-state index contributed by atoms with van der Waals surface area (Å²) in [5.74, 6) is -0.0739. The van der Waals surface area contributed by atoms with Crippen molar-refractivity contribution in [3.8, 4) is 0 Å². The lowest BCUT2D eigenvalue weighted by atomic mass is 10.1. The number of hydrogen-bond acceptors (Lipinski definition) is 4. The number of likely N-dealkylation sites (N-methyl/N-ethyl adjacent to an activating group) is 1. The van der Waals surface area contributed by atoms with Crippen LogP contribution in [-0.4, -0.2) is 48.0 Å². The average molecular weight is 487 g/mol. The lowest BCUT2D eigenvalue weighted by Gasteiger charge is -2.11. The molecule has 0 unspecified atom stereocenters. The number of amides is 1. The highest BCUT2D eigenvalue weighted by atomic mass is 16.1. The Hall–Kier alpha value is -4.35. The molecule has 6 rings (SSSR count). The summed E-state index contributed by atoms with van der Waals surface area (Å²) in [6.45, 7) is 3.53. The third kappa shape index (κ3) is 5.42. The van der Waals surface area contributed by atoms with Crippen LogP contribution in [0.2, 0.25) is 0 Å². The van der Waals surface area contributed by atoms with Gasteiger partial charge in [-0.2, -0.15) is 0 Å². The van der Waals surface area contributed by atoms with Crippen LogP contribution in [0.3, 0.4) is 0 Å². The van der Waals surface area contributed by atoms with Crippen molar-refractivity contribution in [1.82, 2.24) is 20.2 Å². The van der Waals surface area contributed by atoms with Gasteiger partial charge < -0.3 is 10.2 Å². The number of aryl methyl sites for hydroxylation is 1. The van der Waals surface area contributed by atoms with Crippen molar-refractivity contribution in [3.05, 3.63) is 108 Å². The van der Waals surface area contributed by atoms with Crippen molar-refractivity contribution < 1.29 is 4.79 Å². The van der Waals surface area contributed by atoms with Gasteiger partial charge in [-0.3, -0.25) is 4.79 Å². The van der Waals surface area contributed by atoms with E-state index in [0.717, 1.165) is 39.4 Å². The molecule has 2 heterocycles. The second-order valence-corrected chi connectivity index (χ2v) is 9.45. The Morgan fingerprint density at radius 3 is 1.89 bits per heavy atom. The molecule has 184 valence electrons. The molecule has 0 bridgehead atoms. The van der Waals surface area contributed by atoms with E-state index >= 15 is 0 Å². The first-order valence-corrected chi connectivity index (χ1v) is 12.5. The van der Waals surface area contributed by atoms with Gasteiger partial charge in [0.15, 0.2) is 0 Å². The van der Waals surface area contributed by atoms with Crippen LogP contribution in [0.15, 0.2) is 97.1 Å². The van der Waals surface area contributed by atoms with Crippen LogP contribution in [0.25, 0.3) is 43.6 Å². The standard InChI is InChI=1S/C18H19N3O.C14H11N/c1-21(2)11-10-19-18(22)15-8-5-7-14-12-13-6-3-4-9-16(13)20-17(14)15;1-10-5-4-7-12-9-11-6-2-3-8-13(11)15-14(10)12/h3-9,12H,10-11H2,1-2H3,(H,19,22);2-9H,1H3. The predicted octanol–water partition coefficient (Wildman–Crippen LogP) is 6.38. The van der Waals surface area contributed by atoms with Crippen LogP contribution in [-0.2, 0) is 0 Å². The quantitative estimate of drug-likeness (QED) is 0.294. The number of benzene rings is 4. The first-order valence-electron chi connectivity index (χ1n) is 12.5. The molecule has 0 aliphatic heterocycles. The summed E-state index contributed by atoms with van der Waals surface area (Å²) < 4.78 is 0. The maximum absolute atomic E-state index is 12.4. The predicted molar refractivity (Wildman–Crippen MR) is 154 cm³/mol. The van der Waals surface area contributed by atoms with E-state index in [4.69, 9.17) is 0 Å². The largest absolute Gasteiger partial charge is 0.351 e. The minimum atomic E-state index is -0.0739. The fourth-order valence-corrected chi connectivity index (χ4v) is 4.42. The number of para-hydroxylation sites is 4. The molecule has 4 aromatic carbocycles. The molecule has 0 radical (unpaired) electrons. The zero-order valence-electron chi connectivity index (χ0n) is 21.4. The Bertz CT molecular complexity index is 1730. The fourth-order valence-electron chi connectivity index (χ4n) is 4.42. The first-order chi connectivity index (χ1) is 18.0. The van der Waals surface area contributed by atoms with Crippen LogP contribution < -0.4 is 5.32 Å². The molecule has 0 spiro atoms. The number of rotatable bonds is 4. The Labute approximate surface area is 216 Å². The van der Waals surface area contributed by atoms with E-state index in [0.29, 0.717) is 12.1 Å². The van der Waals surface area contributed by atoms with E-state index in [1.807, 2.05) is 73.6 Å². The number of fused-ring (bicyclic) bond motifs is 4. The van der Waals surface area contributed by atoms with Crippen molar-refractivity contribution in [1.29, 1.82) is 0 Å². The molecule has 6 aromatic rings. The van der Waals surface area contributed by atoms with Crippen molar-refractivity contribution in [3.63, 3.8) is 0 Å². The molecule has 0 aliphatic rings. The Balaban J connectivity index is 0.000000162. The molecule has 1 amide bonds. The summed E-state index contributed by atoms with van der Waals surface area (Å²) >= 11 is 0. The van der Waals surface area contributed by atoms with E-state index < -0.39 is 0 Å². The van der Waals surface area contributed by atoms with Gasteiger partial charge in [0, 0.05) is 34.6 Å². The topological polar surface area (TPSA) is 58.1 Å². The molecule has 5 nitrogen and oxygen atoms in total. The van der Waals surface area contributed by atoms with Gasteiger partial charge in [0.25, 0.3) is 5.91 Å². The molecule has 0 atom stereocenters. The van der Waals surface area contributed by atoms with Crippen molar-refractivity contribution in [2.24, 2.45) is 0 Å². The SMILES string of the molecule is CN(C)CCNC(=O)c1cccc2cc3ccccc3nc12.Cc1cccc2cc3ccccc3nc12. The van der Waals surface area contributed by atoms with Crippen LogP contribution in [0.1, 0.15) is 15.9 Å². The van der Waals surface area contributed by atoms with Gasteiger partial charge in [0.1, 0.15) is 0 Å². The number of hydrogen-bond donors (Lipinski definition) is 1. The summed E-state index contributed by atoms with van der Waals surface area (Å²) in [7, 11) is 3.97. The van der Waals surface area contributed by atoms with Crippen molar-refractivity contribution >= 4 is 49.5 Å². The molecule has 0 saturated heterocycles. The highest BCUT2D eigenvalue weighted by Crippen LogP contribution is 2.23. The summed E-state index contributed by atoms with van der Waals surface area (Å²) in [5.41, 5.74) is 5.70. The van der Waals surface area contributed by atoms with Gasteiger partial charge in [0.05, 0.1) is 27.6 Å². The van der Waals surface area contributed by atoms with Gasteiger partial charge >= 0.3 is 0 Å².